The van der Waals surface area contributed by atoms with E-state index >= 15 is 0 Å². The van der Waals surface area contributed by atoms with Gasteiger partial charge in [0.15, 0.2) is 0 Å². The number of primary amides is 1. The minimum Gasteiger partial charge on any atom is -0.462 e. The first-order valence-corrected chi connectivity index (χ1v) is 8.99. The fourth-order valence-corrected chi connectivity index (χ4v) is 3.54. The Kier molecular flexibility index (Phi) is 6.70. The number of nitrogens with one attached hydrogen (secondary N) is 1. The average Bonchev–Trinajstić information content (AvgIpc) is 2.91. The molecular formula is C18H16ClFN2O4S. The Labute approximate surface area is 163 Å². The highest BCUT2D eigenvalue weighted by Gasteiger charge is 2.25. The number of anilines is 1. The number of esters is 1. The lowest BCUT2D eigenvalue weighted by Crippen LogP contribution is -2.13. The maximum Gasteiger partial charge on any atom is 0.341 e. The number of nitrogens with two attached hydrogens (primary N) is 1. The Morgan fingerprint density at radius 2 is 2.07 bits per heavy atom. The monoisotopic (exact) mass is 410 g/mol. The first-order chi connectivity index (χ1) is 12.8. The van der Waals surface area contributed by atoms with E-state index in [0.29, 0.717) is 5.56 Å². The Bertz CT molecular complexity index is 919. The number of halogens is 2. The van der Waals surface area contributed by atoms with Crippen LogP contribution < -0.4 is 11.1 Å². The van der Waals surface area contributed by atoms with E-state index < -0.39 is 23.6 Å². The second kappa shape index (κ2) is 8.79. The molecule has 1 aromatic heterocycles. The summed E-state index contributed by atoms with van der Waals surface area (Å²) in [7, 11) is 0. The lowest BCUT2D eigenvalue weighted by molar-refractivity contribution is -0.111. The van der Waals surface area contributed by atoms with Crippen molar-refractivity contribution in [2.45, 2.75) is 13.8 Å². The van der Waals surface area contributed by atoms with Crippen LogP contribution >= 0.6 is 22.9 Å². The van der Waals surface area contributed by atoms with Crippen molar-refractivity contribution in [1.82, 2.24) is 0 Å². The zero-order valence-electron chi connectivity index (χ0n) is 14.5. The van der Waals surface area contributed by atoms with Crippen LogP contribution in [0.5, 0.6) is 0 Å². The molecule has 9 heteroatoms. The maximum atomic E-state index is 13.7. The number of rotatable bonds is 6. The Hall–Kier alpha value is -2.71. The number of amides is 2. The van der Waals surface area contributed by atoms with Gasteiger partial charge in [-0.3, -0.25) is 9.59 Å². The molecule has 6 nitrogen and oxygen atoms in total. The van der Waals surface area contributed by atoms with Crippen molar-refractivity contribution in [3.8, 4) is 0 Å². The van der Waals surface area contributed by atoms with Gasteiger partial charge in [-0.2, -0.15) is 0 Å². The summed E-state index contributed by atoms with van der Waals surface area (Å²) in [5.41, 5.74) is 5.74. The average molecular weight is 411 g/mol. The van der Waals surface area contributed by atoms with Crippen molar-refractivity contribution < 1.29 is 23.5 Å². The highest BCUT2D eigenvalue weighted by molar-refractivity contribution is 7.18. The highest BCUT2D eigenvalue weighted by atomic mass is 35.5. The molecule has 2 rings (SSSR count). The Morgan fingerprint density at radius 3 is 2.67 bits per heavy atom. The summed E-state index contributed by atoms with van der Waals surface area (Å²) in [4.78, 5) is 36.0. The van der Waals surface area contributed by atoms with Gasteiger partial charge in [0.25, 0.3) is 5.91 Å². The number of carbonyl (C=O) groups is 3. The number of thiophene rings is 1. The van der Waals surface area contributed by atoms with Crippen molar-refractivity contribution in [3.05, 3.63) is 56.7 Å². The van der Waals surface area contributed by atoms with Crippen LogP contribution in [0, 0.1) is 12.7 Å². The molecule has 0 saturated heterocycles. The van der Waals surface area contributed by atoms with Gasteiger partial charge in [-0.05, 0) is 37.6 Å². The van der Waals surface area contributed by atoms with Gasteiger partial charge >= 0.3 is 5.97 Å². The fourth-order valence-electron chi connectivity index (χ4n) is 2.27. The quantitative estimate of drug-likeness (QED) is 0.559. The number of benzene rings is 1. The minimum atomic E-state index is -0.725. The van der Waals surface area contributed by atoms with Crippen LogP contribution in [-0.2, 0) is 9.53 Å². The van der Waals surface area contributed by atoms with Gasteiger partial charge in [0.2, 0.25) is 5.91 Å². The third-order valence-corrected chi connectivity index (χ3v) is 5.04. The second-order valence-corrected chi connectivity index (χ2v) is 6.73. The van der Waals surface area contributed by atoms with Gasteiger partial charge in [-0.15, -0.1) is 11.3 Å². The standard InChI is InChI=1S/C18H16ClFN2O4S/c1-3-26-18(25)14-9(2)15(16(21)24)27-17(14)22-13(23)8-7-10-11(19)5-4-6-12(10)20/h4-8H,3H2,1-2H3,(H2,21,24)(H,22,23). The second-order valence-electron chi connectivity index (χ2n) is 5.30. The van der Waals surface area contributed by atoms with Crippen molar-refractivity contribution >= 4 is 51.8 Å². The molecule has 2 aromatic rings. The van der Waals surface area contributed by atoms with Crippen molar-refractivity contribution in [3.63, 3.8) is 0 Å². The summed E-state index contributed by atoms with van der Waals surface area (Å²) in [5.74, 6) is -2.63. The largest absolute Gasteiger partial charge is 0.462 e. The molecule has 3 N–H and O–H groups in total. The molecule has 0 bridgehead atoms. The van der Waals surface area contributed by atoms with Crippen LogP contribution in [0.15, 0.2) is 24.3 Å². The van der Waals surface area contributed by atoms with Crippen LogP contribution in [0.4, 0.5) is 9.39 Å². The third kappa shape index (κ3) is 4.72. The molecule has 27 heavy (non-hydrogen) atoms. The van der Waals surface area contributed by atoms with E-state index in [0.717, 1.165) is 17.4 Å². The van der Waals surface area contributed by atoms with E-state index in [9.17, 15) is 18.8 Å². The van der Waals surface area contributed by atoms with Gasteiger partial charge in [0.1, 0.15) is 10.8 Å². The van der Waals surface area contributed by atoms with Gasteiger partial charge in [-0.25, -0.2) is 9.18 Å². The summed E-state index contributed by atoms with van der Waals surface area (Å²) in [6.07, 6.45) is 2.28. The van der Waals surface area contributed by atoms with Gasteiger partial charge in [0, 0.05) is 11.6 Å². The zero-order chi connectivity index (χ0) is 20.1. The normalized spacial score (nSPS) is 10.8. The van der Waals surface area contributed by atoms with Gasteiger partial charge in [-0.1, -0.05) is 17.7 Å². The topological polar surface area (TPSA) is 98.5 Å². The molecule has 1 aromatic carbocycles. The predicted molar refractivity (Wildman–Crippen MR) is 103 cm³/mol. The molecule has 0 fully saturated rings. The van der Waals surface area contributed by atoms with Crippen LogP contribution in [0.2, 0.25) is 5.02 Å². The Balaban J connectivity index is 2.31. The van der Waals surface area contributed by atoms with Gasteiger partial charge in [0.05, 0.1) is 22.1 Å². The molecule has 0 aliphatic carbocycles. The van der Waals surface area contributed by atoms with E-state index in [-0.39, 0.29) is 32.6 Å². The molecule has 0 spiro atoms. The number of hydrogen-bond donors (Lipinski definition) is 2. The lowest BCUT2D eigenvalue weighted by atomic mass is 10.1. The fraction of sp³-hybridized carbons (Fsp3) is 0.167. The summed E-state index contributed by atoms with van der Waals surface area (Å²) in [6, 6.07) is 4.15. The van der Waals surface area contributed by atoms with Crippen molar-refractivity contribution in [2.75, 3.05) is 11.9 Å². The third-order valence-electron chi connectivity index (χ3n) is 3.49. The van der Waals surface area contributed by atoms with E-state index in [2.05, 4.69) is 5.32 Å². The number of carbonyl (C=O) groups excluding carboxylic acids is 3. The van der Waals surface area contributed by atoms with E-state index in [1.807, 2.05) is 0 Å². The minimum absolute atomic E-state index is 0.0557. The van der Waals surface area contributed by atoms with E-state index in [4.69, 9.17) is 22.1 Å². The van der Waals surface area contributed by atoms with Crippen LogP contribution in [0.3, 0.4) is 0 Å². The molecule has 0 atom stereocenters. The van der Waals surface area contributed by atoms with Crippen molar-refractivity contribution in [2.24, 2.45) is 5.73 Å². The smallest absolute Gasteiger partial charge is 0.341 e. The Morgan fingerprint density at radius 1 is 1.37 bits per heavy atom. The molecule has 2 amide bonds. The number of hydrogen-bond acceptors (Lipinski definition) is 5. The van der Waals surface area contributed by atoms with Gasteiger partial charge < -0.3 is 15.8 Å². The number of ether oxygens (including phenoxy) is 1. The molecular weight excluding hydrogens is 395 g/mol. The van der Waals surface area contributed by atoms with Crippen LogP contribution in [0.1, 0.15) is 38.1 Å². The summed E-state index contributed by atoms with van der Waals surface area (Å²) in [5, 5.41) is 2.76. The molecule has 0 aliphatic heterocycles. The van der Waals surface area contributed by atoms with Crippen molar-refractivity contribution in [1.29, 1.82) is 0 Å². The van der Waals surface area contributed by atoms with Crippen LogP contribution in [-0.4, -0.2) is 24.4 Å². The van der Waals surface area contributed by atoms with E-state index in [1.54, 1.807) is 6.92 Å². The molecule has 0 radical (unpaired) electrons. The van der Waals surface area contributed by atoms with Crippen LogP contribution in [0.25, 0.3) is 6.08 Å². The first-order valence-electron chi connectivity index (χ1n) is 7.79. The molecule has 1 heterocycles. The molecule has 142 valence electrons. The predicted octanol–water partition coefficient (Wildman–Crippen LogP) is 3.78. The summed E-state index contributed by atoms with van der Waals surface area (Å²) in [6.45, 7) is 3.29. The SMILES string of the molecule is CCOC(=O)c1c(NC(=O)C=Cc2c(F)cccc2Cl)sc(C(N)=O)c1C. The maximum absolute atomic E-state index is 13.7. The molecule has 0 saturated carbocycles. The first kappa shape index (κ1) is 20.6. The zero-order valence-corrected chi connectivity index (χ0v) is 16.0. The molecule has 0 aliphatic rings. The summed E-state index contributed by atoms with van der Waals surface area (Å²) < 4.78 is 18.7. The van der Waals surface area contributed by atoms with E-state index in [1.165, 1.54) is 31.2 Å². The summed E-state index contributed by atoms with van der Waals surface area (Å²) >= 11 is 6.76. The highest BCUT2D eigenvalue weighted by Crippen LogP contribution is 2.33. The molecule has 0 unspecified atom stereocenters. The lowest BCUT2D eigenvalue weighted by Gasteiger charge is -2.05.